The highest BCUT2D eigenvalue weighted by atomic mass is 16.5. The van der Waals surface area contributed by atoms with Crippen molar-refractivity contribution in [2.75, 3.05) is 19.7 Å². The van der Waals surface area contributed by atoms with Gasteiger partial charge in [-0.2, -0.15) is 0 Å². The van der Waals surface area contributed by atoms with Gasteiger partial charge in [-0.25, -0.2) is 4.79 Å². The standard InChI is InChI=1S/C17H25N3O4/c1-4-23-15-8-13-7-11(2)24-16(13)9-14(15)10-20-17(22)19-6-5-18-12(3)21/h8-9,11H,4-7,10H2,1-3H3,(H,18,21)(H2,19,20,22). The van der Waals surface area contributed by atoms with Crippen LogP contribution in [0.5, 0.6) is 11.5 Å². The number of carbonyl (C=O) groups excluding carboxylic acids is 2. The maximum Gasteiger partial charge on any atom is 0.315 e. The molecule has 7 nitrogen and oxygen atoms in total. The van der Waals surface area contributed by atoms with Crippen LogP contribution in [-0.2, 0) is 17.8 Å². The molecule has 1 atom stereocenters. The number of nitrogens with one attached hydrogen (secondary N) is 3. The Morgan fingerprint density at radius 1 is 1.25 bits per heavy atom. The average Bonchev–Trinajstić information content (AvgIpc) is 2.88. The van der Waals surface area contributed by atoms with Crippen molar-refractivity contribution in [2.24, 2.45) is 0 Å². The molecule has 1 heterocycles. The maximum absolute atomic E-state index is 11.8. The number of carbonyl (C=O) groups is 2. The third kappa shape index (κ3) is 5.04. The van der Waals surface area contributed by atoms with Gasteiger partial charge in [-0.1, -0.05) is 0 Å². The molecule has 1 aliphatic rings. The molecule has 0 fully saturated rings. The minimum Gasteiger partial charge on any atom is -0.494 e. The first-order valence-electron chi connectivity index (χ1n) is 8.21. The molecular weight excluding hydrogens is 310 g/mol. The SMILES string of the molecule is CCOc1cc2c(cc1CNC(=O)NCCNC(C)=O)OC(C)C2. The van der Waals surface area contributed by atoms with Gasteiger partial charge in [0, 0.05) is 44.1 Å². The number of amides is 3. The van der Waals surface area contributed by atoms with Gasteiger partial charge in [-0.05, 0) is 26.0 Å². The van der Waals surface area contributed by atoms with Crippen LogP contribution in [0.3, 0.4) is 0 Å². The van der Waals surface area contributed by atoms with Gasteiger partial charge in [0.1, 0.15) is 17.6 Å². The van der Waals surface area contributed by atoms with Crippen molar-refractivity contribution in [3.8, 4) is 11.5 Å². The van der Waals surface area contributed by atoms with Gasteiger partial charge in [-0.3, -0.25) is 4.79 Å². The van der Waals surface area contributed by atoms with E-state index in [-0.39, 0.29) is 18.0 Å². The second-order valence-electron chi connectivity index (χ2n) is 5.73. The minimum atomic E-state index is -0.294. The molecule has 0 aromatic heterocycles. The molecule has 24 heavy (non-hydrogen) atoms. The zero-order valence-corrected chi connectivity index (χ0v) is 14.4. The summed E-state index contributed by atoms with van der Waals surface area (Å²) >= 11 is 0. The van der Waals surface area contributed by atoms with Crippen LogP contribution in [0.25, 0.3) is 0 Å². The molecule has 1 unspecified atom stereocenters. The van der Waals surface area contributed by atoms with Gasteiger partial charge in [0.2, 0.25) is 5.91 Å². The Hall–Kier alpha value is -2.44. The van der Waals surface area contributed by atoms with Crippen LogP contribution in [0, 0.1) is 0 Å². The van der Waals surface area contributed by atoms with Crippen LogP contribution < -0.4 is 25.4 Å². The number of hydrogen-bond acceptors (Lipinski definition) is 4. The second kappa shape index (κ2) is 8.42. The average molecular weight is 335 g/mol. The quantitative estimate of drug-likeness (QED) is 0.656. The number of fused-ring (bicyclic) bond motifs is 1. The lowest BCUT2D eigenvalue weighted by Gasteiger charge is -2.14. The number of hydrogen-bond donors (Lipinski definition) is 3. The molecule has 0 saturated heterocycles. The summed E-state index contributed by atoms with van der Waals surface area (Å²) in [5.74, 6) is 1.51. The monoisotopic (exact) mass is 335 g/mol. The van der Waals surface area contributed by atoms with Gasteiger partial charge in [0.05, 0.1) is 6.61 Å². The molecule has 1 aromatic carbocycles. The number of benzene rings is 1. The van der Waals surface area contributed by atoms with E-state index < -0.39 is 0 Å². The highest BCUT2D eigenvalue weighted by molar-refractivity contribution is 5.74. The van der Waals surface area contributed by atoms with Gasteiger partial charge >= 0.3 is 6.03 Å². The fraction of sp³-hybridized carbons (Fsp3) is 0.529. The van der Waals surface area contributed by atoms with Crippen LogP contribution >= 0.6 is 0 Å². The van der Waals surface area contributed by atoms with Crippen LogP contribution in [0.15, 0.2) is 12.1 Å². The fourth-order valence-corrected chi connectivity index (χ4v) is 2.56. The Bertz CT molecular complexity index is 604. The molecule has 1 aliphatic heterocycles. The van der Waals surface area contributed by atoms with E-state index in [9.17, 15) is 9.59 Å². The third-order valence-electron chi connectivity index (χ3n) is 3.60. The highest BCUT2D eigenvalue weighted by Gasteiger charge is 2.21. The van der Waals surface area contributed by atoms with Crippen molar-refractivity contribution in [3.05, 3.63) is 23.3 Å². The first-order valence-corrected chi connectivity index (χ1v) is 8.21. The number of ether oxygens (including phenoxy) is 2. The predicted octanol–water partition coefficient (Wildman–Crippen LogP) is 1.34. The van der Waals surface area contributed by atoms with Crippen molar-refractivity contribution in [1.29, 1.82) is 0 Å². The molecule has 132 valence electrons. The molecule has 1 aromatic rings. The van der Waals surface area contributed by atoms with E-state index in [0.717, 1.165) is 29.0 Å². The van der Waals surface area contributed by atoms with E-state index in [2.05, 4.69) is 16.0 Å². The Morgan fingerprint density at radius 3 is 2.71 bits per heavy atom. The van der Waals surface area contributed by atoms with Crippen molar-refractivity contribution in [2.45, 2.75) is 39.8 Å². The lowest BCUT2D eigenvalue weighted by atomic mass is 10.1. The van der Waals surface area contributed by atoms with E-state index in [4.69, 9.17) is 9.47 Å². The van der Waals surface area contributed by atoms with Gasteiger partial charge in [0.25, 0.3) is 0 Å². The zero-order chi connectivity index (χ0) is 17.5. The molecule has 0 radical (unpaired) electrons. The summed E-state index contributed by atoms with van der Waals surface area (Å²) in [6.07, 6.45) is 1.03. The molecular formula is C17H25N3O4. The van der Waals surface area contributed by atoms with Crippen molar-refractivity contribution in [3.63, 3.8) is 0 Å². The molecule has 7 heteroatoms. The first-order chi connectivity index (χ1) is 11.5. The van der Waals surface area contributed by atoms with Crippen LogP contribution in [0.1, 0.15) is 31.9 Å². The summed E-state index contributed by atoms with van der Waals surface area (Å²) in [6, 6.07) is 3.63. The summed E-state index contributed by atoms with van der Waals surface area (Å²) in [5, 5.41) is 8.09. The molecule has 0 bridgehead atoms. The molecule has 0 spiro atoms. The predicted molar refractivity (Wildman–Crippen MR) is 90.3 cm³/mol. The smallest absolute Gasteiger partial charge is 0.315 e. The van der Waals surface area contributed by atoms with Gasteiger partial charge in [-0.15, -0.1) is 0 Å². The van der Waals surface area contributed by atoms with Crippen LogP contribution in [0.2, 0.25) is 0 Å². The van der Waals surface area contributed by atoms with Crippen molar-refractivity contribution >= 4 is 11.9 Å². The summed E-state index contributed by atoms with van der Waals surface area (Å²) in [7, 11) is 0. The third-order valence-corrected chi connectivity index (χ3v) is 3.60. The van der Waals surface area contributed by atoms with Gasteiger partial charge < -0.3 is 25.4 Å². The Labute approximate surface area is 142 Å². The zero-order valence-electron chi connectivity index (χ0n) is 14.4. The van der Waals surface area contributed by atoms with E-state index >= 15 is 0 Å². The van der Waals surface area contributed by atoms with E-state index in [1.807, 2.05) is 26.0 Å². The lowest BCUT2D eigenvalue weighted by molar-refractivity contribution is -0.118. The van der Waals surface area contributed by atoms with Crippen molar-refractivity contribution in [1.82, 2.24) is 16.0 Å². The first kappa shape index (κ1) is 17.9. The normalized spacial score (nSPS) is 15.2. The Morgan fingerprint density at radius 2 is 2.00 bits per heavy atom. The van der Waals surface area contributed by atoms with Gasteiger partial charge in [0.15, 0.2) is 0 Å². The molecule has 2 rings (SSSR count). The molecule has 3 amide bonds. The summed E-state index contributed by atoms with van der Waals surface area (Å²) in [5.41, 5.74) is 2.01. The van der Waals surface area contributed by atoms with Crippen molar-refractivity contribution < 1.29 is 19.1 Å². The van der Waals surface area contributed by atoms with Crippen LogP contribution in [0.4, 0.5) is 4.79 Å². The molecule has 0 aliphatic carbocycles. The number of rotatable bonds is 7. The second-order valence-corrected chi connectivity index (χ2v) is 5.73. The Kier molecular flexibility index (Phi) is 6.28. The van der Waals surface area contributed by atoms with E-state index in [1.54, 1.807) is 0 Å². The minimum absolute atomic E-state index is 0.120. The highest BCUT2D eigenvalue weighted by Crippen LogP contribution is 2.35. The summed E-state index contributed by atoms with van der Waals surface area (Å²) < 4.78 is 11.4. The van der Waals surface area contributed by atoms with Crippen LogP contribution in [-0.4, -0.2) is 37.7 Å². The van der Waals surface area contributed by atoms with E-state index in [1.165, 1.54) is 6.92 Å². The topological polar surface area (TPSA) is 88.7 Å². The number of urea groups is 1. The lowest BCUT2D eigenvalue weighted by Crippen LogP contribution is -2.39. The maximum atomic E-state index is 11.8. The molecule has 3 N–H and O–H groups in total. The largest absolute Gasteiger partial charge is 0.494 e. The summed E-state index contributed by atoms with van der Waals surface area (Å²) in [6.45, 7) is 7.06. The van der Waals surface area contributed by atoms with E-state index in [0.29, 0.717) is 26.2 Å². The fourth-order valence-electron chi connectivity index (χ4n) is 2.56. The molecule has 0 saturated carbocycles. The summed E-state index contributed by atoms with van der Waals surface area (Å²) in [4.78, 5) is 22.6. The Balaban J connectivity index is 1.90.